The van der Waals surface area contributed by atoms with Crippen molar-refractivity contribution < 1.29 is 13.9 Å². The number of aromatic nitrogens is 2. The lowest BCUT2D eigenvalue weighted by Gasteiger charge is -2.08. The van der Waals surface area contributed by atoms with Crippen LogP contribution in [0.3, 0.4) is 0 Å². The molecule has 5 nitrogen and oxygen atoms in total. The van der Waals surface area contributed by atoms with Crippen molar-refractivity contribution in [3.05, 3.63) is 65.7 Å². The summed E-state index contributed by atoms with van der Waals surface area (Å²) < 4.78 is 10.8. The van der Waals surface area contributed by atoms with E-state index < -0.39 is 0 Å². The fraction of sp³-hybridized carbons (Fsp3) is 0.211. The maximum atomic E-state index is 11.8. The monoisotopic (exact) mass is 354 g/mol. The number of nitrogens with zero attached hydrogens (tertiary/aromatic N) is 2. The summed E-state index contributed by atoms with van der Waals surface area (Å²) in [6.07, 6.45) is -0.126. The molecule has 0 saturated heterocycles. The van der Waals surface area contributed by atoms with Gasteiger partial charge in [-0.3, -0.25) is 0 Å². The Kier molecular flexibility index (Phi) is 5.50. The third-order valence-corrected chi connectivity index (χ3v) is 4.21. The molecule has 1 aromatic heterocycles. The summed E-state index contributed by atoms with van der Waals surface area (Å²) in [5.74, 6) is 0.879. The Morgan fingerprint density at radius 3 is 2.48 bits per heavy atom. The molecule has 2 aromatic carbocycles. The summed E-state index contributed by atoms with van der Waals surface area (Å²) in [5, 5.41) is 8.64. The first-order chi connectivity index (χ1) is 12.1. The number of benzene rings is 2. The topological polar surface area (TPSA) is 65.2 Å². The Labute approximate surface area is 150 Å². The summed E-state index contributed by atoms with van der Waals surface area (Å²) in [6.45, 7) is 3.66. The van der Waals surface area contributed by atoms with Crippen molar-refractivity contribution in [2.24, 2.45) is 0 Å². The van der Waals surface area contributed by atoms with E-state index in [-0.39, 0.29) is 12.1 Å². The van der Waals surface area contributed by atoms with Gasteiger partial charge in [0.25, 0.3) is 5.22 Å². The lowest BCUT2D eigenvalue weighted by Crippen LogP contribution is -2.11. The molecule has 0 amide bonds. The number of hydrogen-bond donors (Lipinski definition) is 0. The Morgan fingerprint density at radius 1 is 1.08 bits per heavy atom. The molecule has 0 fully saturated rings. The Balaban J connectivity index is 1.59. The van der Waals surface area contributed by atoms with Gasteiger partial charge in [0.2, 0.25) is 5.89 Å². The van der Waals surface area contributed by atoms with Gasteiger partial charge in [-0.15, -0.1) is 10.2 Å². The highest BCUT2D eigenvalue weighted by Gasteiger charge is 2.11. The van der Waals surface area contributed by atoms with Gasteiger partial charge >= 0.3 is 5.97 Å². The predicted molar refractivity (Wildman–Crippen MR) is 96.3 cm³/mol. The smallest absolute Gasteiger partial charge is 0.338 e. The molecule has 0 atom stereocenters. The lowest BCUT2D eigenvalue weighted by atomic mass is 10.1. The van der Waals surface area contributed by atoms with Gasteiger partial charge in [0.1, 0.15) is 0 Å². The first-order valence-electron chi connectivity index (χ1n) is 7.93. The minimum Gasteiger partial charge on any atom is -0.459 e. The average molecular weight is 354 g/mol. The molecule has 0 bridgehead atoms. The molecule has 1 heterocycles. The largest absolute Gasteiger partial charge is 0.459 e. The van der Waals surface area contributed by atoms with Crippen LogP contribution in [0, 0.1) is 0 Å². The zero-order valence-corrected chi connectivity index (χ0v) is 14.8. The van der Waals surface area contributed by atoms with Gasteiger partial charge < -0.3 is 9.15 Å². The van der Waals surface area contributed by atoms with Gasteiger partial charge in [0.15, 0.2) is 0 Å². The van der Waals surface area contributed by atoms with Gasteiger partial charge in [-0.2, -0.15) is 0 Å². The number of rotatable bonds is 6. The molecule has 3 rings (SSSR count). The summed E-state index contributed by atoms with van der Waals surface area (Å²) in [5.41, 5.74) is 2.51. The molecule has 128 valence electrons. The molecule has 0 saturated carbocycles. The van der Waals surface area contributed by atoms with Crippen molar-refractivity contribution in [3.8, 4) is 11.5 Å². The first kappa shape index (κ1) is 17.2. The molecule has 25 heavy (non-hydrogen) atoms. The summed E-state index contributed by atoms with van der Waals surface area (Å²) in [6, 6.07) is 17.0. The quantitative estimate of drug-likeness (QED) is 0.476. The molecule has 0 radical (unpaired) electrons. The molecule has 0 spiro atoms. The average Bonchev–Trinajstić information content (AvgIpc) is 3.10. The highest BCUT2D eigenvalue weighted by atomic mass is 32.2. The molecule has 3 aromatic rings. The van der Waals surface area contributed by atoms with Crippen LogP contribution in [0.5, 0.6) is 0 Å². The second kappa shape index (κ2) is 7.98. The molecular formula is C19H18N2O3S. The Morgan fingerprint density at radius 2 is 1.80 bits per heavy atom. The van der Waals surface area contributed by atoms with Gasteiger partial charge in [-0.1, -0.05) is 42.1 Å². The Bertz CT molecular complexity index is 829. The van der Waals surface area contributed by atoms with Crippen LogP contribution in [0.2, 0.25) is 0 Å². The number of ether oxygens (including phenoxy) is 1. The van der Waals surface area contributed by atoms with Crippen LogP contribution in [-0.4, -0.2) is 22.3 Å². The molecule has 0 aliphatic heterocycles. The second-order valence-electron chi connectivity index (χ2n) is 5.68. The van der Waals surface area contributed by atoms with Crippen molar-refractivity contribution in [1.82, 2.24) is 10.2 Å². The van der Waals surface area contributed by atoms with E-state index in [9.17, 15) is 4.79 Å². The van der Waals surface area contributed by atoms with E-state index in [1.807, 2.05) is 56.3 Å². The van der Waals surface area contributed by atoms with Crippen LogP contribution in [-0.2, 0) is 10.5 Å². The van der Waals surface area contributed by atoms with E-state index in [2.05, 4.69) is 10.2 Å². The standard InChI is InChI=1S/C19H18N2O3S/c1-13(2)23-18(22)16-10-8-14(9-11-16)12-25-19-21-20-17(24-19)15-6-4-3-5-7-15/h3-11,13H,12H2,1-2H3. The Hall–Kier alpha value is -2.60. The van der Waals surface area contributed by atoms with Crippen LogP contribution in [0.4, 0.5) is 0 Å². The number of esters is 1. The summed E-state index contributed by atoms with van der Waals surface area (Å²) in [4.78, 5) is 11.8. The zero-order chi connectivity index (χ0) is 17.6. The van der Waals surface area contributed by atoms with Crippen LogP contribution < -0.4 is 0 Å². The predicted octanol–water partition coefficient (Wildman–Crippen LogP) is 4.59. The molecule has 0 unspecified atom stereocenters. The van der Waals surface area contributed by atoms with E-state index in [4.69, 9.17) is 9.15 Å². The molecule has 0 aliphatic carbocycles. The zero-order valence-electron chi connectivity index (χ0n) is 14.0. The number of hydrogen-bond acceptors (Lipinski definition) is 6. The lowest BCUT2D eigenvalue weighted by molar-refractivity contribution is 0.0378. The number of carbonyl (C=O) groups is 1. The van der Waals surface area contributed by atoms with E-state index in [1.54, 1.807) is 12.1 Å². The van der Waals surface area contributed by atoms with Crippen molar-refractivity contribution in [2.75, 3.05) is 0 Å². The SMILES string of the molecule is CC(C)OC(=O)c1ccc(CSc2nnc(-c3ccccc3)o2)cc1. The third-order valence-electron chi connectivity index (χ3n) is 3.32. The van der Waals surface area contributed by atoms with Crippen molar-refractivity contribution in [2.45, 2.75) is 30.9 Å². The summed E-state index contributed by atoms with van der Waals surface area (Å²) >= 11 is 1.46. The van der Waals surface area contributed by atoms with Crippen molar-refractivity contribution in [3.63, 3.8) is 0 Å². The van der Waals surface area contributed by atoms with E-state index in [0.717, 1.165) is 11.1 Å². The fourth-order valence-electron chi connectivity index (χ4n) is 2.13. The molecular weight excluding hydrogens is 336 g/mol. The second-order valence-corrected chi connectivity index (χ2v) is 6.61. The van der Waals surface area contributed by atoms with Gasteiger partial charge in [0, 0.05) is 11.3 Å². The third kappa shape index (κ3) is 4.70. The van der Waals surface area contributed by atoms with Crippen LogP contribution in [0.15, 0.2) is 64.2 Å². The van der Waals surface area contributed by atoms with Gasteiger partial charge in [-0.25, -0.2) is 4.79 Å². The van der Waals surface area contributed by atoms with Gasteiger partial charge in [0.05, 0.1) is 11.7 Å². The highest BCUT2D eigenvalue weighted by Crippen LogP contribution is 2.25. The summed E-state index contributed by atoms with van der Waals surface area (Å²) in [7, 11) is 0. The maximum Gasteiger partial charge on any atom is 0.338 e. The molecule has 6 heteroatoms. The van der Waals surface area contributed by atoms with E-state index >= 15 is 0 Å². The number of carbonyl (C=O) groups excluding carboxylic acids is 1. The minimum absolute atomic E-state index is 0.126. The van der Waals surface area contributed by atoms with E-state index in [1.165, 1.54) is 11.8 Å². The van der Waals surface area contributed by atoms with Crippen molar-refractivity contribution >= 4 is 17.7 Å². The van der Waals surface area contributed by atoms with Crippen LogP contribution >= 0.6 is 11.8 Å². The van der Waals surface area contributed by atoms with Crippen molar-refractivity contribution in [1.29, 1.82) is 0 Å². The number of thioether (sulfide) groups is 1. The van der Waals surface area contributed by atoms with Gasteiger partial charge in [-0.05, 0) is 43.7 Å². The van der Waals surface area contributed by atoms with Crippen LogP contribution in [0.1, 0.15) is 29.8 Å². The maximum absolute atomic E-state index is 11.8. The molecule has 0 N–H and O–H groups in total. The highest BCUT2D eigenvalue weighted by molar-refractivity contribution is 7.98. The normalized spacial score (nSPS) is 10.8. The van der Waals surface area contributed by atoms with E-state index in [0.29, 0.717) is 22.4 Å². The first-order valence-corrected chi connectivity index (χ1v) is 8.92. The molecule has 0 aliphatic rings. The van der Waals surface area contributed by atoms with Crippen LogP contribution in [0.25, 0.3) is 11.5 Å². The fourth-order valence-corrected chi connectivity index (χ4v) is 2.85. The minimum atomic E-state index is -0.307.